The molecule has 1 aromatic heterocycles. The van der Waals surface area contributed by atoms with E-state index >= 15 is 0 Å². The van der Waals surface area contributed by atoms with Crippen molar-refractivity contribution in [1.82, 2.24) is 15.3 Å². The van der Waals surface area contributed by atoms with Gasteiger partial charge in [-0.3, -0.25) is 9.69 Å². The molecule has 2 heterocycles. The third-order valence-corrected chi connectivity index (χ3v) is 3.09. The largest absolute Gasteiger partial charge is 0.382 e. The van der Waals surface area contributed by atoms with Crippen molar-refractivity contribution in [3.63, 3.8) is 0 Å². The second-order valence-corrected chi connectivity index (χ2v) is 4.33. The van der Waals surface area contributed by atoms with Crippen LogP contribution in [-0.4, -0.2) is 49.1 Å². The number of nitrogens with two attached hydrogens (primary N) is 1. The second-order valence-electron chi connectivity index (χ2n) is 4.33. The molecule has 0 saturated carbocycles. The van der Waals surface area contributed by atoms with E-state index in [-0.39, 0.29) is 6.54 Å². The molecule has 0 atom stereocenters. The molecule has 1 aromatic rings. The van der Waals surface area contributed by atoms with Crippen molar-refractivity contribution >= 4 is 23.7 Å². The van der Waals surface area contributed by atoms with Crippen LogP contribution < -0.4 is 20.9 Å². The van der Waals surface area contributed by atoms with Crippen molar-refractivity contribution in [2.75, 3.05) is 48.3 Å². The molecule has 7 heteroatoms. The second kappa shape index (κ2) is 6.73. The molecule has 1 saturated heterocycles. The Balaban J connectivity index is 2.37. The topological polar surface area (TPSA) is 87.4 Å². The average Bonchev–Trinajstić information content (AvgIpc) is 2.50. The summed E-state index contributed by atoms with van der Waals surface area (Å²) in [6.45, 7) is 5.38. The molecular formula is C13H18N6O. The maximum Gasteiger partial charge on any atom is 0.215 e. The first-order valence-electron chi connectivity index (χ1n) is 6.45. The third-order valence-electron chi connectivity index (χ3n) is 3.09. The fourth-order valence-corrected chi connectivity index (χ4v) is 2.10. The molecule has 7 nitrogen and oxygen atoms in total. The van der Waals surface area contributed by atoms with Crippen molar-refractivity contribution < 1.29 is 4.79 Å². The number of nitrogens with one attached hydrogen (secondary N) is 1. The van der Waals surface area contributed by atoms with Gasteiger partial charge < -0.3 is 16.0 Å². The van der Waals surface area contributed by atoms with Crippen LogP contribution in [-0.2, 0) is 4.79 Å². The molecule has 1 aliphatic rings. The lowest BCUT2D eigenvalue weighted by atomic mass is 10.3. The summed E-state index contributed by atoms with van der Waals surface area (Å²) in [5.41, 5.74) is 6.47. The lowest BCUT2D eigenvalue weighted by Crippen LogP contribution is -2.44. The van der Waals surface area contributed by atoms with Crippen LogP contribution in [0.2, 0.25) is 0 Å². The lowest BCUT2D eigenvalue weighted by Gasteiger charge is -2.31. The Labute approximate surface area is 118 Å². The Morgan fingerprint density at radius 2 is 2.25 bits per heavy atom. The number of nitrogens with zero attached hydrogens (tertiary/aromatic N) is 4. The minimum absolute atomic E-state index is 0.274. The van der Waals surface area contributed by atoms with Crippen molar-refractivity contribution in [3.8, 4) is 11.8 Å². The van der Waals surface area contributed by atoms with Crippen LogP contribution in [0.3, 0.4) is 0 Å². The van der Waals surface area contributed by atoms with Gasteiger partial charge in [-0.25, -0.2) is 9.97 Å². The summed E-state index contributed by atoms with van der Waals surface area (Å²) in [6.07, 6.45) is 2.13. The molecule has 1 amide bonds. The quantitative estimate of drug-likeness (QED) is 0.566. The highest BCUT2D eigenvalue weighted by molar-refractivity contribution is 5.88. The number of piperazine rings is 1. The molecular weight excluding hydrogens is 256 g/mol. The van der Waals surface area contributed by atoms with Gasteiger partial charge in [0.25, 0.3) is 0 Å². The maximum atomic E-state index is 11.3. The van der Waals surface area contributed by atoms with Gasteiger partial charge in [0.05, 0.1) is 6.54 Å². The lowest BCUT2D eigenvalue weighted by molar-refractivity contribution is -0.107. The smallest absolute Gasteiger partial charge is 0.215 e. The molecule has 0 spiro atoms. The van der Waals surface area contributed by atoms with Gasteiger partial charge in [-0.15, -0.1) is 5.92 Å². The minimum atomic E-state index is 0.274. The van der Waals surface area contributed by atoms with E-state index in [2.05, 4.69) is 32.0 Å². The Kier molecular flexibility index (Phi) is 4.74. The number of carbonyl (C=O) groups is 1. The molecule has 0 aliphatic carbocycles. The molecule has 1 aliphatic heterocycles. The SMILES string of the molecule is CC#CCN(C=O)c1c(N)ncnc1N1CCNCC1. The van der Waals surface area contributed by atoms with Crippen molar-refractivity contribution in [2.24, 2.45) is 0 Å². The Bertz CT molecular complexity index is 529. The predicted octanol–water partition coefficient (Wildman–Crippen LogP) is -0.545. The predicted molar refractivity (Wildman–Crippen MR) is 78.4 cm³/mol. The zero-order valence-electron chi connectivity index (χ0n) is 11.5. The number of anilines is 3. The number of hydrogen-bond acceptors (Lipinski definition) is 6. The summed E-state index contributed by atoms with van der Waals surface area (Å²) < 4.78 is 0. The Morgan fingerprint density at radius 3 is 2.90 bits per heavy atom. The monoisotopic (exact) mass is 274 g/mol. The highest BCUT2D eigenvalue weighted by Gasteiger charge is 2.21. The van der Waals surface area contributed by atoms with Crippen LogP contribution in [0.1, 0.15) is 6.92 Å². The number of carbonyl (C=O) groups excluding carboxylic acids is 1. The number of rotatable bonds is 4. The molecule has 0 aromatic carbocycles. The molecule has 0 radical (unpaired) electrons. The van der Waals surface area contributed by atoms with Crippen LogP contribution in [0.25, 0.3) is 0 Å². The fourth-order valence-electron chi connectivity index (χ4n) is 2.10. The van der Waals surface area contributed by atoms with E-state index in [1.54, 1.807) is 6.92 Å². The fraction of sp³-hybridized carbons (Fsp3) is 0.462. The van der Waals surface area contributed by atoms with Gasteiger partial charge in [0.15, 0.2) is 11.6 Å². The van der Waals surface area contributed by atoms with Gasteiger partial charge in [0, 0.05) is 26.2 Å². The first-order chi connectivity index (χ1) is 9.77. The molecule has 2 rings (SSSR count). The van der Waals surface area contributed by atoms with E-state index < -0.39 is 0 Å². The van der Waals surface area contributed by atoms with Crippen LogP contribution in [0.5, 0.6) is 0 Å². The van der Waals surface area contributed by atoms with Gasteiger partial charge in [-0.2, -0.15) is 0 Å². The van der Waals surface area contributed by atoms with Crippen LogP contribution in [0.15, 0.2) is 6.33 Å². The molecule has 20 heavy (non-hydrogen) atoms. The molecule has 1 fully saturated rings. The van der Waals surface area contributed by atoms with Gasteiger partial charge in [0.1, 0.15) is 12.0 Å². The molecule has 0 bridgehead atoms. The normalized spacial score (nSPS) is 14.3. The summed E-state index contributed by atoms with van der Waals surface area (Å²) in [4.78, 5) is 23.1. The van der Waals surface area contributed by atoms with E-state index in [1.165, 1.54) is 11.2 Å². The summed E-state index contributed by atoms with van der Waals surface area (Å²) in [7, 11) is 0. The van der Waals surface area contributed by atoms with Gasteiger partial charge >= 0.3 is 0 Å². The summed E-state index contributed by atoms with van der Waals surface area (Å²) >= 11 is 0. The molecule has 0 unspecified atom stereocenters. The minimum Gasteiger partial charge on any atom is -0.382 e. The number of hydrogen-bond donors (Lipinski definition) is 2. The summed E-state index contributed by atoms with van der Waals surface area (Å²) in [5, 5.41) is 3.27. The first-order valence-corrected chi connectivity index (χ1v) is 6.45. The number of aromatic nitrogens is 2. The zero-order valence-corrected chi connectivity index (χ0v) is 11.5. The molecule has 106 valence electrons. The van der Waals surface area contributed by atoms with Crippen LogP contribution in [0, 0.1) is 11.8 Å². The molecule has 3 N–H and O–H groups in total. The highest BCUT2D eigenvalue weighted by Crippen LogP contribution is 2.30. The van der Waals surface area contributed by atoms with E-state index in [9.17, 15) is 4.79 Å². The van der Waals surface area contributed by atoms with E-state index in [0.717, 1.165) is 26.2 Å². The van der Waals surface area contributed by atoms with Crippen LogP contribution in [0.4, 0.5) is 17.3 Å². The summed E-state index contributed by atoms with van der Waals surface area (Å²) in [6, 6.07) is 0. The van der Waals surface area contributed by atoms with E-state index in [1.807, 2.05) is 0 Å². The van der Waals surface area contributed by atoms with E-state index in [4.69, 9.17) is 5.73 Å². The number of nitrogen functional groups attached to an aromatic ring is 1. The van der Waals surface area contributed by atoms with Gasteiger partial charge in [-0.1, -0.05) is 5.92 Å². The van der Waals surface area contributed by atoms with Crippen molar-refractivity contribution in [1.29, 1.82) is 0 Å². The zero-order chi connectivity index (χ0) is 14.4. The Hall–Kier alpha value is -2.33. The van der Waals surface area contributed by atoms with Crippen LogP contribution >= 0.6 is 0 Å². The highest BCUT2D eigenvalue weighted by atomic mass is 16.1. The average molecular weight is 274 g/mol. The standard InChI is InChI=1S/C13H18N6O/c1-2-3-6-19(10-20)11-12(14)16-9-17-13(11)18-7-4-15-5-8-18/h9-10,15H,4-8H2,1H3,(H2,14,16,17). The maximum absolute atomic E-state index is 11.3. The number of amides is 1. The first kappa shape index (κ1) is 14.1. The van der Waals surface area contributed by atoms with Crippen molar-refractivity contribution in [3.05, 3.63) is 6.33 Å². The third kappa shape index (κ3) is 2.97. The van der Waals surface area contributed by atoms with E-state index in [0.29, 0.717) is 23.7 Å². The van der Waals surface area contributed by atoms with Crippen molar-refractivity contribution in [2.45, 2.75) is 6.92 Å². The Morgan fingerprint density at radius 1 is 1.50 bits per heavy atom. The van der Waals surface area contributed by atoms with Gasteiger partial charge in [0.2, 0.25) is 6.41 Å². The summed E-state index contributed by atoms with van der Waals surface area (Å²) in [5.74, 6) is 6.60. The van der Waals surface area contributed by atoms with Gasteiger partial charge in [-0.05, 0) is 6.92 Å².